The number of ether oxygens (including phenoxy) is 2. The predicted molar refractivity (Wildman–Crippen MR) is 179 cm³/mol. The molecule has 1 N–H and O–H groups in total. The smallest absolute Gasteiger partial charge is 0.338 e. The molecule has 224 valence electrons. The van der Waals surface area contributed by atoms with Crippen LogP contribution in [0.1, 0.15) is 49.4 Å². The van der Waals surface area contributed by atoms with Crippen molar-refractivity contribution in [2.75, 3.05) is 13.7 Å². The van der Waals surface area contributed by atoms with Crippen molar-refractivity contribution >= 4 is 50.2 Å². The molecular weight excluding hydrogens is 638 g/mol. The molecule has 0 spiro atoms. The van der Waals surface area contributed by atoms with Gasteiger partial charge < -0.3 is 14.5 Å². The minimum Gasteiger partial charge on any atom is -0.496 e. The van der Waals surface area contributed by atoms with E-state index in [-0.39, 0.29) is 12.2 Å². The third-order valence-electron chi connectivity index (χ3n) is 7.80. The number of halogens is 1. The third-order valence-corrected chi connectivity index (χ3v) is 9.27. The molecule has 0 unspecified atom stereocenters. The zero-order valence-corrected chi connectivity index (χ0v) is 27.3. The summed E-state index contributed by atoms with van der Waals surface area (Å²) in [5, 5.41) is 1.03. The number of nitrogens with zero attached hydrogens (tertiary/aromatic N) is 2. The van der Waals surface area contributed by atoms with Gasteiger partial charge in [-0.05, 0) is 55.7 Å². The standard InChI is InChI=1S/C35H32BrN3O4S/c1-5-11-26-29(34(41)43-6-2)32(25-18-22(36)16-17-27(25)42-4)39-33(40)28(44-35(39)37-26)19-24-23-15-10-12-20(3)30(23)38-31(24)21-13-8-7-9-14-21/h7-10,12-19,32,38H,5-6,11H2,1-4H3/b28-19+/t32-/m0/s1. The molecule has 3 aromatic carbocycles. The Bertz CT molecular complexity index is 2110. The topological polar surface area (TPSA) is 85.7 Å². The summed E-state index contributed by atoms with van der Waals surface area (Å²) in [5.41, 5.74) is 6.44. The van der Waals surface area contributed by atoms with E-state index in [0.717, 1.165) is 44.2 Å². The van der Waals surface area contributed by atoms with Gasteiger partial charge in [-0.15, -0.1) is 0 Å². The maximum Gasteiger partial charge on any atom is 0.338 e. The van der Waals surface area contributed by atoms with Gasteiger partial charge in [0.05, 0.1) is 35.2 Å². The summed E-state index contributed by atoms with van der Waals surface area (Å²) in [4.78, 5) is 37.2. The Morgan fingerprint density at radius 1 is 1.11 bits per heavy atom. The van der Waals surface area contributed by atoms with Crippen LogP contribution < -0.4 is 19.6 Å². The first-order chi connectivity index (χ1) is 21.4. The number of nitrogens with one attached hydrogen (secondary N) is 1. The van der Waals surface area contributed by atoms with E-state index in [0.29, 0.717) is 38.3 Å². The number of allylic oxidation sites excluding steroid dienone is 1. The molecule has 5 aromatic rings. The number of benzene rings is 3. The van der Waals surface area contributed by atoms with Crippen molar-refractivity contribution in [3.63, 3.8) is 0 Å². The minimum atomic E-state index is -0.778. The van der Waals surface area contributed by atoms with Crippen molar-refractivity contribution in [3.05, 3.63) is 119 Å². The molecule has 6 rings (SSSR count). The number of H-pyrrole nitrogens is 1. The van der Waals surface area contributed by atoms with Gasteiger partial charge >= 0.3 is 5.97 Å². The maximum atomic E-state index is 14.5. The maximum absolute atomic E-state index is 14.5. The molecule has 3 heterocycles. The first-order valence-electron chi connectivity index (χ1n) is 14.6. The van der Waals surface area contributed by atoms with Crippen LogP contribution in [0.25, 0.3) is 28.2 Å². The van der Waals surface area contributed by atoms with Crippen molar-refractivity contribution in [3.8, 4) is 17.0 Å². The van der Waals surface area contributed by atoms with Crippen molar-refractivity contribution < 1.29 is 14.3 Å². The number of rotatable bonds is 8. The number of carbonyl (C=O) groups is 1. The highest BCUT2D eigenvalue weighted by Crippen LogP contribution is 2.38. The first kappa shape index (κ1) is 29.8. The van der Waals surface area contributed by atoms with Gasteiger partial charge in [0.15, 0.2) is 4.80 Å². The second-order valence-electron chi connectivity index (χ2n) is 10.6. The van der Waals surface area contributed by atoms with Crippen molar-refractivity contribution in [1.29, 1.82) is 0 Å². The van der Waals surface area contributed by atoms with E-state index in [1.54, 1.807) is 18.6 Å². The quantitative estimate of drug-likeness (QED) is 0.184. The van der Waals surface area contributed by atoms with Gasteiger partial charge in [0.1, 0.15) is 11.8 Å². The van der Waals surface area contributed by atoms with Crippen molar-refractivity contribution in [1.82, 2.24) is 9.55 Å². The summed E-state index contributed by atoms with van der Waals surface area (Å²) in [6, 6.07) is 21.1. The van der Waals surface area contributed by atoms with E-state index in [2.05, 4.69) is 52.1 Å². The monoisotopic (exact) mass is 669 g/mol. The summed E-state index contributed by atoms with van der Waals surface area (Å²) in [7, 11) is 1.58. The number of hydrogen-bond donors (Lipinski definition) is 1. The second kappa shape index (κ2) is 12.4. The van der Waals surface area contributed by atoms with Gasteiger partial charge in [0.2, 0.25) is 0 Å². The lowest BCUT2D eigenvalue weighted by molar-refractivity contribution is -0.139. The van der Waals surface area contributed by atoms with E-state index in [4.69, 9.17) is 14.5 Å². The second-order valence-corrected chi connectivity index (χ2v) is 12.5. The van der Waals surface area contributed by atoms with Crippen LogP contribution in [0.5, 0.6) is 5.75 Å². The Labute approximate surface area is 267 Å². The molecule has 0 radical (unpaired) electrons. The molecule has 0 saturated heterocycles. The fourth-order valence-corrected chi connectivity index (χ4v) is 7.21. The highest BCUT2D eigenvalue weighted by atomic mass is 79.9. The Morgan fingerprint density at radius 2 is 1.91 bits per heavy atom. The molecule has 1 aliphatic rings. The normalized spacial score (nSPS) is 14.9. The van der Waals surface area contributed by atoms with Gasteiger partial charge in [-0.2, -0.15) is 0 Å². The highest BCUT2D eigenvalue weighted by Gasteiger charge is 2.36. The van der Waals surface area contributed by atoms with E-state index < -0.39 is 12.0 Å². The summed E-state index contributed by atoms with van der Waals surface area (Å²) < 4.78 is 14.2. The Balaban J connectivity index is 1.67. The van der Waals surface area contributed by atoms with Crippen LogP contribution in [0.15, 0.2) is 92.3 Å². The van der Waals surface area contributed by atoms with E-state index >= 15 is 0 Å². The largest absolute Gasteiger partial charge is 0.496 e. The summed E-state index contributed by atoms with van der Waals surface area (Å²) in [6.07, 6.45) is 3.28. The Hall–Kier alpha value is -4.21. The van der Waals surface area contributed by atoms with Crippen LogP contribution >= 0.6 is 27.3 Å². The Morgan fingerprint density at radius 3 is 2.64 bits per heavy atom. The predicted octanol–water partition coefficient (Wildman–Crippen LogP) is 6.81. The summed E-state index contributed by atoms with van der Waals surface area (Å²) >= 11 is 4.91. The number of aryl methyl sites for hydroxylation is 1. The van der Waals surface area contributed by atoms with Gasteiger partial charge in [-0.3, -0.25) is 9.36 Å². The zero-order chi connectivity index (χ0) is 31.0. The van der Waals surface area contributed by atoms with E-state index in [1.807, 2.05) is 55.5 Å². The highest BCUT2D eigenvalue weighted by molar-refractivity contribution is 9.10. The van der Waals surface area contributed by atoms with Crippen LogP contribution in [0, 0.1) is 6.92 Å². The lowest BCUT2D eigenvalue weighted by atomic mass is 9.93. The van der Waals surface area contributed by atoms with Gasteiger partial charge in [0, 0.05) is 26.5 Å². The first-order valence-corrected chi connectivity index (χ1v) is 16.2. The Kier molecular flexibility index (Phi) is 8.42. The minimum absolute atomic E-state index is 0.205. The average Bonchev–Trinajstić information content (AvgIpc) is 3.55. The molecule has 9 heteroatoms. The molecule has 0 bridgehead atoms. The number of aromatic amines is 1. The number of esters is 1. The number of fused-ring (bicyclic) bond motifs is 2. The van der Waals surface area contributed by atoms with Crippen LogP contribution in [-0.2, 0) is 9.53 Å². The fraction of sp³-hybridized carbons (Fsp3) is 0.229. The SMILES string of the molecule is CCCC1=C(C(=O)OCC)[C@H](c2cc(Br)ccc2OC)n2c(s/c(=C/c3c(-c4ccccc4)[nH]c4c(C)cccc34)c2=O)=N1. The van der Waals surface area contributed by atoms with Crippen molar-refractivity contribution in [2.45, 2.75) is 39.7 Å². The van der Waals surface area contributed by atoms with Gasteiger partial charge in [0.25, 0.3) is 5.56 Å². The molecule has 1 atom stereocenters. The number of aromatic nitrogens is 2. The molecule has 44 heavy (non-hydrogen) atoms. The van der Waals surface area contributed by atoms with Crippen LogP contribution in [0.2, 0.25) is 0 Å². The van der Waals surface area contributed by atoms with Gasteiger partial charge in [-0.1, -0.05) is 89.1 Å². The lowest BCUT2D eigenvalue weighted by Gasteiger charge is -2.27. The summed E-state index contributed by atoms with van der Waals surface area (Å²) in [5.74, 6) is 0.0743. The molecule has 2 aromatic heterocycles. The number of hydrogen-bond acceptors (Lipinski definition) is 6. The number of methoxy groups -OCH3 is 1. The van der Waals surface area contributed by atoms with E-state index in [1.165, 1.54) is 11.3 Å². The van der Waals surface area contributed by atoms with Crippen LogP contribution in [-0.4, -0.2) is 29.2 Å². The molecule has 7 nitrogen and oxygen atoms in total. The third kappa shape index (κ3) is 5.24. The summed E-state index contributed by atoms with van der Waals surface area (Å²) in [6.45, 7) is 6.09. The van der Waals surface area contributed by atoms with E-state index in [9.17, 15) is 9.59 Å². The molecular formula is C35H32BrN3O4S. The molecule has 0 aliphatic carbocycles. The molecule has 1 aliphatic heterocycles. The number of para-hydroxylation sites is 1. The lowest BCUT2D eigenvalue weighted by Crippen LogP contribution is -2.40. The molecule has 0 amide bonds. The molecule has 0 fully saturated rings. The number of thiazole rings is 1. The average molecular weight is 671 g/mol. The van der Waals surface area contributed by atoms with Crippen molar-refractivity contribution in [2.24, 2.45) is 4.99 Å². The van der Waals surface area contributed by atoms with Crippen LogP contribution in [0.4, 0.5) is 0 Å². The molecule has 0 saturated carbocycles. The zero-order valence-electron chi connectivity index (χ0n) is 24.9. The number of carbonyl (C=O) groups excluding carboxylic acids is 1. The van der Waals surface area contributed by atoms with Gasteiger partial charge in [-0.25, -0.2) is 9.79 Å². The fourth-order valence-electron chi connectivity index (χ4n) is 5.83. The van der Waals surface area contributed by atoms with Crippen LogP contribution in [0.3, 0.4) is 0 Å².